The normalized spacial score (nSPS) is 40.0. The molecule has 5 atom stereocenters. The SMILES string of the molecule is CCC(C)N1C(CC)C(C)C2C=CC=NC21. The molecule has 0 aromatic carbocycles. The number of allylic oxidation sites excluding steroid dienone is 1. The zero-order valence-corrected chi connectivity index (χ0v) is 10.9. The summed E-state index contributed by atoms with van der Waals surface area (Å²) in [5.74, 6) is 1.36. The fourth-order valence-corrected chi connectivity index (χ4v) is 3.34. The van der Waals surface area contributed by atoms with Gasteiger partial charge in [0.15, 0.2) is 0 Å². The first kappa shape index (κ1) is 11.8. The van der Waals surface area contributed by atoms with Crippen molar-refractivity contribution in [1.29, 1.82) is 0 Å². The Kier molecular flexibility index (Phi) is 3.48. The van der Waals surface area contributed by atoms with Crippen LogP contribution in [-0.4, -0.2) is 29.4 Å². The third kappa shape index (κ3) is 1.73. The second-order valence-electron chi connectivity index (χ2n) is 5.21. The molecule has 2 heteroatoms. The van der Waals surface area contributed by atoms with E-state index in [1.807, 2.05) is 6.21 Å². The Labute approximate surface area is 99.4 Å². The average molecular weight is 220 g/mol. The van der Waals surface area contributed by atoms with Crippen molar-refractivity contribution in [3.05, 3.63) is 12.2 Å². The van der Waals surface area contributed by atoms with Crippen molar-refractivity contribution in [2.24, 2.45) is 16.8 Å². The highest BCUT2D eigenvalue weighted by Gasteiger charge is 2.46. The summed E-state index contributed by atoms with van der Waals surface area (Å²) >= 11 is 0. The molecular formula is C14H24N2. The van der Waals surface area contributed by atoms with E-state index < -0.39 is 0 Å². The lowest BCUT2D eigenvalue weighted by Gasteiger charge is -2.34. The van der Waals surface area contributed by atoms with Crippen LogP contribution >= 0.6 is 0 Å². The van der Waals surface area contributed by atoms with Crippen molar-refractivity contribution < 1.29 is 0 Å². The van der Waals surface area contributed by atoms with Gasteiger partial charge in [-0.05, 0) is 31.8 Å². The van der Waals surface area contributed by atoms with E-state index in [9.17, 15) is 0 Å². The average Bonchev–Trinajstić information content (AvgIpc) is 2.62. The van der Waals surface area contributed by atoms with Gasteiger partial charge in [0.25, 0.3) is 0 Å². The topological polar surface area (TPSA) is 15.6 Å². The highest BCUT2D eigenvalue weighted by atomic mass is 15.3. The summed E-state index contributed by atoms with van der Waals surface area (Å²) in [6.07, 6.45) is 9.30. The van der Waals surface area contributed by atoms with Crippen molar-refractivity contribution in [3.63, 3.8) is 0 Å². The highest BCUT2D eigenvalue weighted by molar-refractivity contribution is 5.72. The molecule has 16 heavy (non-hydrogen) atoms. The number of rotatable bonds is 3. The van der Waals surface area contributed by atoms with Crippen LogP contribution in [-0.2, 0) is 0 Å². The number of dihydropyridines is 1. The van der Waals surface area contributed by atoms with Gasteiger partial charge in [0, 0.05) is 24.2 Å². The van der Waals surface area contributed by atoms with Crippen LogP contribution in [0.15, 0.2) is 17.1 Å². The lowest BCUT2D eigenvalue weighted by atomic mass is 9.89. The molecule has 0 N–H and O–H groups in total. The lowest BCUT2D eigenvalue weighted by Crippen LogP contribution is -2.43. The molecule has 2 heterocycles. The third-order valence-electron chi connectivity index (χ3n) is 4.42. The Hall–Kier alpha value is -0.630. The molecule has 1 fully saturated rings. The van der Waals surface area contributed by atoms with Crippen LogP contribution in [0.4, 0.5) is 0 Å². The van der Waals surface area contributed by atoms with Gasteiger partial charge in [0.1, 0.15) is 6.17 Å². The Bertz CT molecular complexity index is 295. The van der Waals surface area contributed by atoms with Gasteiger partial charge in [0.2, 0.25) is 0 Å². The zero-order valence-electron chi connectivity index (χ0n) is 10.9. The second kappa shape index (κ2) is 4.70. The number of nitrogens with zero attached hydrogens (tertiary/aromatic N) is 2. The van der Waals surface area contributed by atoms with Crippen molar-refractivity contribution in [1.82, 2.24) is 4.90 Å². The number of fused-ring (bicyclic) bond motifs is 1. The van der Waals surface area contributed by atoms with Crippen LogP contribution < -0.4 is 0 Å². The van der Waals surface area contributed by atoms with Crippen molar-refractivity contribution in [3.8, 4) is 0 Å². The molecule has 90 valence electrons. The summed E-state index contributed by atoms with van der Waals surface area (Å²) in [4.78, 5) is 7.35. The van der Waals surface area contributed by atoms with Gasteiger partial charge in [-0.1, -0.05) is 26.8 Å². The number of likely N-dealkylation sites (tertiary alicyclic amines) is 1. The minimum Gasteiger partial charge on any atom is -0.275 e. The number of hydrogen-bond donors (Lipinski definition) is 0. The maximum absolute atomic E-state index is 4.70. The molecule has 0 bridgehead atoms. The van der Waals surface area contributed by atoms with Crippen LogP contribution in [0.1, 0.15) is 40.5 Å². The lowest BCUT2D eigenvalue weighted by molar-refractivity contribution is 0.123. The van der Waals surface area contributed by atoms with Crippen molar-refractivity contribution in [2.45, 2.75) is 58.8 Å². The molecule has 0 saturated carbocycles. The molecule has 0 spiro atoms. The van der Waals surface area contributed by atoms with Crippen LogP contribution in [0, 0.1) is 11.8 Å². The van der Waals surface area contributed by atoms with Crippen LogP contribution in [0.3, 0.4) is 0 Å². The molecule has 0 radical (unpaired) electrons. The predicted octanol–water partition coefficient (Wildman–Crippen LogP) is 3.10. The fourth-order valence-electron chi connectivity index (χ4n) is 3.34. The first-order chi connectivity index (χ1) is 7.70. The second-order valence-corrected chi connectivity index (χ2v) is 5.21. The molecule has 0 aliphatic carbocycles. The van der Waals surface area contributed by atoms with E-state index in [4.69, 9.17) is 4.99 Å². The van der Waals surface area contributed by atoms with Gasteiger partial charge in [0.05, 0.1) is 0 Å². The van der Waals surface area contributed by atoms with Crippen LogP contribution in [0.5, 0.6) is 0 Å². The number of hydrogen-bond acceptors (Lipinski definition) is 2. The standard InChI is InChI=1S/C14H24N2/c1-5-10(3)16-13(6-2)11(4)12-8-7-9-15-14(12)16/h7-14H,5-6H2,1-4H3. The molecule has 0 amide bonds. The maximum atomic E-state index is 4.70. The van der Waals surface area contributed by atoms with E-state index in [0.29, 0.717) is 24.2 Å². The van der Waals surface area contributed by atoms with Gasteiger partial charge < -0.3 is 0 Å². The molecule has 1 saturated heterocycles. The summed E-state index contributed by atoms with van der Waals surface area (Å²) in [5, 5.41) is 0. The minimum absolute atomic E-state index is 0.403. The first-order valence-electron chi connectivity index (χ1n) is 6.68. The predicted molar refractivity (Wildman–Crippen MR) is 69.7 cm³/mol. The molecule has 2 nitrogen and oxygen atoms in total. The first-order valence-corrected chi connectivity index (χ1v) is 6.68. The van der Waals surface area contributed by atoms with Crippen molar-refractivity contribution in [2.75, 3.05) is 0 Å². The largest absolute Gasteiger partial charge is 0.275 e. The van der Waals surface area contributed by atoms with Crippen LogP contribution in [0.25, 0.3) is 0 Å². The molecule has 0 aromatic rings. The third-order valence-corrected chi connectivity index (χ3v) is 4.42. The van der Waals surface area contributed by atoms with Gasteiger partial charge in [-0.2, -0.15) is 0 Å². The van der Waals surface area contributed by atoms with Crippen LogP contribution in [0.2, 0.25) is 0 Å². The summed E-state index contributed by atoms with van der Waals surface area (Å²) < 4.78 is 0. The number of aliphatic imine (C=N–C) groups is 1. The van der Waals surface area contributed by atoms with Gasteiger partial charge in [-0.3, -0.25) is 9.89 Å². The van der Waals surface area contributed by atoms with E-state index in [2.05, 4.69) is 44.7 Å². The monoisotopic (exact) mass is 220 g/mol. The summed E-state index contributed by atoms with van der Waals surface area (Å²) in [5.41, 5.74) is 0. The molecule has 5 unspecified atom stereocenters. The Morgan fingerprint density at radius 3 is 2.75 bits per heavy atom. The minimum atomic E-state index is 0.403. The van der Waals surface area contributed by atoms with Gasteiger partial charge in [-0.25, -0.2) is 0 Å². The molecule has 2 aliphatic rings. The van der Waals surface area contributed by atoms with Gasteiger partial charge in [-0.15, -0.1) is 0 Å². The smallest absolute Gasteiger partial charge is 0.109 e. The van der Waals surface area contributed by atoms with E-state index >= 15 is 0 Å². The highest BCUT2D eigenvalue weighted by Crippen LogP contribution is 2.40. The van der Waals surface area contributed by atoms with Gasteiger partial charge >= 0.3 is 0 Å². The Morgan fingerprint density at radius 2 is 2.12 bits per heavy atom. The fraction of sp³-hybridized carbons (Fsp3) is 0.786. The van der Waals surface area contributed by atoms with E-state index in [1.54, 1.807) is 0 Å². The van der Waals surface area contributed by atoms with E-state index in [0.717, 1.165) is 5.92 Å². The van der Waals surface area contributed by atoms with Crippen molar-refractivity contribution >= 4 is 6.21 Å². The summed E-state index contributed by atoms with van der Waals surface area (Å²) in [7, 11) is 0. The summed E-state index contributed by atoms with van der Waals surface area (Å²) in [6.45, 7) is 9.31. The quantitative estimate of drug-likeness (QED) is 0.713. The Balaban J connectivity index is 2.27. The molecule has 2 aliphatic heterocycles. The van der Waals surface area contributed by atoms with E-state index in [-0.39, 0.29) is 0 Å². The maximum Gasteiger partial charge on any atom is 0.109 e. The summed E-state index contributed by atoms with van der Waals surface area (Å²) in [6, 6.07) is 1.34. The van der Waals surface area contributed by atoms with E-state index in [1.165, 1.54) is 12.8 Å². The molecule has 2 rings (SSSR count). The molecule has 0 aromatic heterocycles. The Morgan fingerprint density at radius 1 is 1.38 bits per heavy atom. The zero-order chi connectivity index (χ0) is 11.7. The molecular weight excluding hydrogens is 196 g/mol.